The summed E-state index contributed by atoms with van der Waals surface area (Å²) in [5, 5.41) is 15.7. The highest BCUT2D eigenvalue weighted by atomic mass is 19.1. The average Bonchev–Trinajstić information content (AvgIpc) is 2.90. The van der Waals surface area contributed by atoms with Crippen LogP contribution in [0.1, 0.15) is 57.9 Å². The predicted octanol–water partition coefficient (Wildman–Crippen LogP) is 6.64. The number of ether oxygens (including phenoxy) is 1. The molecule has 0 fully saturated rings. The molecule has 178 valence electrons. The molecule has 1 aliphatic rings. The summed E-state index contributed by atoms with van der Waals surface area (Å²) in [7, 11) is 0. The zero-order valence-electron chi connectivity index (χ0n) is 19.6. The first-order valence-electron chi connectivity index (χ1n) is 11.9. The molecular weight excluding hydrogens is 441 g/mol. The molecule has 0 aliphatic carbocycles. The van der Waals surface area contributed by atoms with Gasteiger partial charge in [0, 0.05) is 24.1 Å². The summed E-state index contributed by atoms with van der Waals surface area (Å²) in [4.78, 5) is 11.7. The van der Waals surface area contributed by atoms with E-state index < -0.39 is 12.6 Å². The second-order valence-electron chi connectivity index (χ2n) is 9.12. The van der Waals surface area contributed by atoms with Gasteiger partial charge in [0.1, 0.15) is 18.5 Å². The van der Waals surface area contributed by atoms with Crippen molar-refractivity contribution in [1.82, 2.24) is 5.32 Å². The van der Waals surface area contributed by atoms with E-state index in [4.69, 9.17) is 4.74 Å². The molecule has 4 nitrogen and oxygen atoms in total. The van der Waals surface area contributed by atoms with Crippen molar-refractivity contribution in [3.05, 3.63) is 113 Å². The zero-order valence-corrected chi connectivity index (χ0v) is 19.6. The summed E-state index contributed by atoms with van der Waals surface area (Å²) in [6.45, 7) is 2.00. The van der Waals surface area contributed by atoms with Gasteiger partial charge in [0.25, 0.3) is 0 Å². The lowest BCUT2D eigenvalue weighted by Gasteiger charge is -2.33. The van der Waals surface area contributed by atoms with Gasteiger partial charge >= 0.3 is 5.97 Å². The topological polar surface area (TPSA) is 58.6 Å². The highest BCUT2D eigenvalue weighted by Gasteiger charge is 2.30. The van der Waals surface area contributed by atoms with Crippen LogP contribution in [0.3, 0.4) is 0 Å². The number of fused-ring (bicyclic) bond motifs is 2. The molecule has 0 saturated heterocycles. The van der Waals surface area contributed by atoms with E-state index in [9.17, 15) is 14.3 Å². The van der Waals surface area contributed by atoms with Crippen LogP contribution in [-0.4, -0.2) is 23.7 Å². The predicted molar refractivity (Wildman–Crippen MR) is 136 cm³/mol. The summed E-state index contributed by atoms with van der Waals surface area (Å²) in [5.41, 5.74) is 3.35. The van der Waals surface area contributed by atoms with E-state index in [-0.39, 0.29) is 29.2 Å². The molecule has 5 rings (SSSR count). The fourth-order valence-electron chi connectivity index (χ4n) is 5.11. The van der Waals surface area contributed by atoms with Crippen molar-refractivity contribution in [2.45, 2.75) is 38.1 Å². The van der Waals surface area contributed by atoms with E-state index in [1.54, 1.807) is 12.1 Å². The monoisotopic (exact) mass is 469 g/mol. The molecule has 0 bridgehead atoms. The number of carboxylic acid groups (broad SMARTS) is 1. The highest BCUT2D eigenvalue weighted by Crippen LogP contribution is 2.41. The molecule has 0 spiro atoms. The van der Waals surface area contributed by atoms with Crippen LogP contribution in [0.25, 0.3) is 10.8 Å². The first-order chi connectivity index (χ1) is 17.0. The number of nitrogens with one attached hydrogen (secondary N) is 1. The molecule has 5 heteroatoms. The highest BCUT2D eigenvalue weighted by molar-refractivity contribution is 5.89. The number of alkyl halides is 1. The van der Waals surface area contributed by atoms with Gasteiger partial charge in [-0.25, -0.2) is 9.18 Å². The van der Waals surface area contributed by atoms with Crippen molar-refractivity contribution in [3.8, 4) is 5.75 Å². The molecule has 0 saturated carbocycles. The van der Waals surface area contributed by atoms with Crippen LogP contribution in [0.2, 0.25) is 0 Å². The number of carbonyl (C=O) groups is 1. The molecule has 0 aromatic heterocycles. The van der Waals surface area contributed by atoms with Crippen LogP contribution < -0.4 is 10.1 Å². The number of aromatic carboxylic acids is 1. The Morgan fingerprint density at radius 2 is 1.83 bits per heavy atom. The molecule has 0 unspecified atom stereocenters. The first kappa shape index (κ1) is 23.1. The lowest BCUT2D eigenvalue weighted by Crippen LogP contribution is -2.37. The van der Waals surface area contributed by atoms with Gasteiger partial charge in [-0.05, 0) is 52.9 Å². The number of para-hydroxylation sites is 1. The summed E-state index contributed by atoms with van der Waals surface area (Å²) in [6, 6.07) is 27.8. The summed E-state index contributed by atoms with van der Waals surface area (Å²) in [5.74, 6) is -0.340. The summed E-state index contributed by atoms with van der Waals surface area (Å²) >= 11 is 0. The number of halogens is 1. The van der Waals surface area contributed by atoms with E-state index in [0.29, 0.717) is 13.0 Å². The molecule has 0 amide bonds. The number of carboxylic acids is 1. The van der Waals surface area contributed by atoms with Crippen molar-refractivity contribution in [1.29, 1.82) is 0 Å². The third-order valence-electron chi connectivity index (χ3n) is 6.94. The fourth-order valence-corrected chi connectivity index (χ4v) is 5.11. The van der Waals surface area contributed by atoms with Crippen LogP contribution in [0.5, 0.6) is 5.75 Å². The van der Waals surface area contributed by atoms with Gasteiger partial charge in [0.15, 0.2) is 0 Å². The summed E-state index contributed by atoms with van der Waals surface area (Å²) < 4.78 is 19.7. The van der Waals surface area contributed by atoms with E-state index in [1.165, 1.54) is 16.3 Å². The summed E-state index contributed by atoms with van der Waals surface area (Å²) in [6.07, 6.45) is 0.599. The molecule has 1 heterocycles. The van der Waals surface area contributed by atoms with Crippen molar-refractivity contribution >= 4 is 16.7 Å². The Kier molecular flexibility index (Phi) is 6.51. The number of hydrogen-bond acceptors (Lipinski definition) is 3. The maximum absolute atomic E-state index is 13.3. The van der Waals surface area contributed by atoms with Gasteiger partial charge in [-0.3, -0.25) is 0 Å². The quantitative estimate of drug-likeness (QED) is 0.318. The Balaban J connectivity index is 1.39. The fraction of sp³-hybridized carbons (Fsp3) is 0.233. The van der Waals surface area contributed by atoms with Crippen LogP contribution in [0.4, 0.5) is 4.39 Å². The smallest absolute Gasteiger partial charge is 0.336 e. The van der Waals surface area contributed by atoms with Gasteiger partial charge in [-0.2, -0.15) is 0 Å². The third-order valence-corrected chi connectivity index (χ3v) is 6.94. The van der Waals surface area contributed by atoms with Crippen LogP contribution in [-0.2, 0) is 6.67 Å². The largest absolute Gasteiger partial charge is 0.489 e. The number of hydrogen-bond donors (Lipinski definition) is 2. The van der Waals surface area contributed by atoms with Crippen molar-refractivity contribution < 1.29 is 19.0 Å². The molecular formula is C30H28FNO3. The molecule has 4 aromatic carbocycles. The molecule has 2 N–H and O–H groups in total. The SMILES string of the molecule is C[C@@H](NC[C@H]1C[C@@H](c2ccc(CF)c(C(=O)O)c2)c2ccccc2O1)c1cccc2ccccc12. The maximum atomic E-state index is 13.3. The average molecular weight is 470 g/mol. The van der Waals surface area contributed by atoms with Gasteiger partial charge < -0.3 is 15.2 Å². The molecule has 35 heavy (non-hydrogen) atoms. The third kappa shape index (κ3) is 4.64. The minimum Gasteiger partial charge on any atom is -0.489 e. The lowest BCUT2D eigenvalue weighted by molar-refractivity contribution is 0.0694. The van der Waals surface area contributed by atoms with Crippen molar-refractivity contribution in [2.75, 3.05) is 6.54 Å². The van der Waals surface area contributed by atoms with Gasteiger partial charge in [-0.15, -0.1) is 0 Å². The van der Waals surface area contributed by atoms with E-state index >= 15 is 0 Å². The minimum atomic E-state index is -1.11. The normalized spacial score (nSPS) is 18.0. The van der Waals surface area contributed by atoms with Gasteiger partial charge in [-0.1, -0.05) is 72.8 Å². The van der Waals surface area contributed by atoms with Crippen LogP contribution in [0, 0.1) is 0 Å². The number of rotatable bonds is 7. The van der Waals surface area contributed by atoms with Gasteiger partial charge in [0.05, 0.1) is 5.56 Å². The Morgan fingerprint density at radius 1 is 1.06 bits per heavy atom. The second kappa shape index (κ2) is 9.88. The molecule has 0 radical (unpaired) electrons. The molecule has 3 atom stereocenters. The van der Waals surface area contributed by atoms with E-state index in [2.05, 4.69) is 48.6 Å². The maximum Gasteiger partial charge on any atom is 0.336 e. The Labute approximate surface area is 204 Å². The molecule has 4 aromatic rings. The van der Waals surface area contributed by atoms with E-state index in [0.717, 1.165) is 16.9 Å². The Morgan fingerprint density at radius 3 is 2.66 bits per heavy atom. The zero-order chi connectivity index (χ0) is 24.4. The standard InChI is InChI=1S/C30H28FNO3/c1-19(24-11-6-8-20-7-2-3-9-25(20)24)32-18-23-16-27(26-10-4-5-12-29(26)35-23)21-13-14-22(17-31)28(15-21)30(33)34/h2-15,19,23,27,32H,16-18H2,1H3,(H,33,34)/t19-,23-,27+/m1/s1. The minimum absolute atomic E-state index is 0.0215. The molecule has 1 aliphatic heterocycles. The van der Waals surface area contributed by atoms with Crippen LogP contribution >= 0.6 is 0 Å². The lowest BCUT2D eigenvalue weighted by atomic mass is 9.83. The Hall–Kier alpha value is -3.70. The van der Waals surface area contributed by atoms with Gasteiger partial charge in [0.2, 0.25) is 0 Å². The number of benzene rings is 4. The second-order valence-corrected chi connectivity index (χ2v) is 9.12. The Bertz CT molecular complexity index is 1360. The van der Waals surface area contributed by atoms with Crippen LogP contribution in [0.15, 0.2) is 84.9 Å². The van der Waals surface area contributed by atoms with Crippen molar-refractivity contribution in [3.63, 3.8) is 0 Å². The van der Waals surface area contributed by atoms with E-state index in [1.807, 2.05) is 36.4 Å². The van der Waals surface area contributed by atoms with Crippen molar-refractivity contribution in [2.24, 2.45) is 0 Å². The first-order valence-corrected chi connectivity index (χ1v) is 11.9.